The number of anilines is 2. The average Bonchev–Trinajstić information content (AvgIpc) is 2.13. The molecule has 0 aliphatic carbocycles. The Kier molecular flexibility index (Phi) is 21.9. The lowest BCUT2D eigenvalue weighted by atomic mass is 10.1. The summed E-state index contributed by atoms with van der Waals surface area (Å²) in [5.74, 6) is -0.339. The Balaban J connectivity index is 0.000000232. The van der Waals surface area contributed by atoms with Crippen molar-refractivity contribution in [2.75, 3.05) is 47.0 Å². The zero-order chi connectivity index (χ0) is 61.5. The van der Waals surface area contributed by atoms with Crippen LogP contribution in [0.15, 0.2) is 83.6 Å². The Morgan fingerprint density at radius 2 is 0.952 bits per heavy atom. The second kappa shape index (κ2) is 27.5. The van der Waals surface area contributed by atoms with Crippen LogP contribution in [-0.4, -0.2) is 198 Å². The minimum Gasteiger partial charge on any atom is -0.725 e. The average molecular weight is 1280 g/mol. The third kappa shape index (κ3) is 17.6. The summed E-state index contributed by atoms with van der Waals surface area (Å²) in [4.78, 5) is 46.6. The van der Waals surface area contributed by atoms with Gasteiger partial charge in [-0.25, -0.2) is 46.7 Å². The highest BCUT2D eigenvalue weighted by Crippen LogP contribution is 2.38. The number of aliphatic hydroxyl groups is 2. The van der Waals surface area contributed by atoms with Crippen molar-refractivity contribution in [1.82, 2.24) is 39.0 Å². The standard InChI is InChI=1S/2C22H28N6O7S2.H2O7S2/c2*1-12-3-5-13(6-4-12)37(32,33)35-18-15(9-36(2)8-7-14(23)22(30)31)34-21(17(18)29)28-11-27-16-19(24)25-10-26-20(16)28;1-8(2,3)7-9(4,5)6/h2*3-6,10-11,14-15,17-18,21,29H,7-9,23H2,1-2H3,(H2-,24,25,26,30,31);(H,1,2,3)(H,4,5,6)/t2*14-,15+,17+,18+,21+,36?;/m00./s1. The fourth-order valence-electron chi connectivity index (χ4n) is 8.06. The number of benzene rings is 2. The van der Waals surface area contributed by atoms with E-state index in [9.17, 15) is 62.6 Å². The highest BCUT2D eigenvalue weighted by Gasteiger charge is 2.52. The largest absolute Gasteiger partial charge is 0.725 e. The van der Waals surface area contributed by atoms with Gasteiger partial charge in [-0.3, -0.25) is 27.1 Å². The fraction of sp³-hybridized carbons (Fsp3) is 0.455. The Morgan fingerprint density at radius 3 is 1.25 bits per heavy atom. The van der Waals surface area contributed by atoms with E-state index in [0.717, 1.165) is 11.1 Å². The van der Waals surface area contributed by atoms with Crippen LogP contribution in [0.5, 0.6) is 0 Å². The number of aliphatic carboxylic acids is 2. The van der Waals surface area contributed by atoms with Crippen LogP contribution in [0, 0.1) is 13.8 Å². The molecule has 2 aromatic carbocycles. The van der Waals surface area contributed by atoms with Crippen molar-refractivity contribution in [3.63, 3.8) is 0 Å². The molecule has 2 unspecified atom stereocenters. The topological polar surface area (TPSA) is 535 Å². The molecule has 0 radical (unpaired) electrons. The van der Waals surface area contributed by atoms with Gasteiger partial charge in [0.1, 0.15) is 95.4 Å². The number of fused-ring (bicyclic) bond motifs is 2. The van der Waals surface area contributed by atoms with Gasteiger partial charge in [-0.2, -0.15) is 20.5 Å². The Morgan fingerprint density at radius 1 is 0.614 bits per heavy atom. The van der Waals surface area contributed by atoms with E-state index in [0.29, 0.717) is 45.3 Å². The molecule has 33 nitrogen and oxygen atoms in total. The summed E-state index contributed by atoms with van der Waals surface area (Å²) in [5.41, 5.74) is 26.0. The van der Waals surface area contributed by atoms with Gasteiger partial charge in [0.05, 0.1) is 35.0 Å². The number of ether oxygens (including phenoxy) is 2. The van der Waals surface area contributed by atoms with Crippen LogP contribution in [0.3, 0.4) is 0 Å². The van der Waals surface area contributed by atoms with Crippen molar-refractivity contribution >= 4 is 109 Å². The molecule has 456 valence electrons. The molecule has 6 aromatic rings. The zero-order valence-electron chi connectivity index (χ0n) is 44.0. The second-order valence-electron chi connectivity index (χ2n) is 18.6. The van der Waals surface area contributed by atoms with E-state index in [1.807, 2.05) is 26.4 Å². The quantitative estimate of drug-likeness (QED) is 0.0151. The maximum Gasteiger partial charge on any atom is 0.320 e. The number of aryl methyl sites for hydroxylation is 2. The van der Waals surface area contributed by atoms with E-state index in [1.54, 1.807) is 24.3 Å². The van der Waals surface area contributed by atoms with Gasteiger partial charge >= 0.3 is 11.9 Å². The van der Waals surface area contributed by atoms with Crippen molar-refractivity contribution < 1.29 is 94.3 Å². The molecule has 39 heteroatoms. The summed E-state index contributed by atoms with van der Waals surface area (Å²) in [6, 6.07) is 10.3. The molecule has 2 aliphatic heterocycles. The molecule has 12 N–H and O–H groups in total. The first-order valence-corrected chi connectivity index (χ1v) is 33.4. The van der Waals surface area contributed by atoms with E-state index >= 15 is 0 Å². The summed E-state index contributed by atoms with van der Waals surface area (Å²) >= 11 is 0. The van der Waals surface area contributed by atoms with Crippen LogP contribution in [-0.2, 0) is 93.9 Å². The molecule has 2 saturated heterocycles. The van der Waals surface area contributed by atoms with Gasteiger partial charge in [0.15, 0.2) is 35.4 Å². The van der Waals surface area contributed by atoms with Gasteiger partial charge in [0, 0.05) is 12.8 Å². The molecule has 83 heavy (non-hydrogen) atoms. The summed E-state index contributed by atoms with van der Waals surface area (Å²) in [6.07, 6.45) is 0.392. The fourth-order valence-corrected chi connectivity index (χ4v) is 14.4. The van der Waals surface area contributed by atoms with Crippen LogP contribution in [0.25, 0.3) is 22.3 Å². The Labute approximate surface area is 480 Å². The van der Waals surface area contributed by atoms with E-state index in [2.05, 4.69) is 33.5 Å². The summed E-state index contributed by atoms with van der Waals surface area (Å²) in [7, 11) is -20.2. The van der Waals surface area contributed by atoms with Crippen molar-refractivity contribution in [2.24, 2.45) is 11.5 Å². The number of aromatic nitrogens is 8. The number of carbonyl (C=O) groups is 2. The smallest absolute Gasteiger partial charge is 0.320 e. The molecule has 4 aromatic heterocycles. The molecule has 0 amide bonds. The Hall–Kier alpha value is -5.86. The molecule has 12 atom stereocenters. The van der Waals surface area contributed by atoms with Crippen LogP contribution >= 0.6 is 0 Å². The van der Waals surface area contributed by atoms with Gasteiger partial charge < -0.3 is 61.9 Å². The number of nitrogens with two attached hydrogens (primary N) is 4. The first kappa shape index (κ1) is 66.3. The lowest BCUT2D eigenvalue weighted by Crippen LogP contribution is -2.40. The van der Waals surface area contributed by atoms with Gasteiger partial charge in [-0.15, -0.1) is 0 Å². The van der Waals surface area contributed by atoms with Gasteiger partial charge in [-0.05, 0) is 59.9 Å². The lowest BCUT2D eigenvalue weighted by molar-refractivity contribution is -0.139. The number of carboxylic acids is 2. The minimum atomic E-state index is -5.43. The van der Waals surface area contributed by atoms with Crippen molar-refractivity contribution in [1.29, 1.82) is 0 Å². The molecule has 8 rings (SSSR count). The monoisotopic (exact) mass is 1280 g/mol. The van der Waals surface area contributed by atoms with Crippen LogP contribution < -0.4 is 22.9 Å². The van der Waals surface area contributed by atoms with Crippen molar-refractivity contribution in [2.45, 2.75) is 97.6 Å². The molecule has 0 spiro atoms. The molecule has 2 aliphatic rings. The van der Waals surface area contributed by atoms with Gasteiger partial charge in [-0.1, -0.05) is 35.4 Å². The van der Waals surface area contributed by atoms with E-state index in [1.165, 1.54) is 58.7 Å². The van der Waals surface area contributed by atoms with Crippen LogP contribution in [0.1, 0.15) is 36.4 Å². The predicted octanol–water partition coefficient (Wildman–Crippen LogP) is -2.48. The zero-order valence-corrected chi connectivity index (χ0v) is 48.9. The molecule has 0 saturated carbocycles. The third-order valence-corrected chi connectivity index (χ3v) is 19.9. The first-order chi connectivity index (χ1) is 38.7. The predicted molar refractivity (Wildman–Crippen MR) is 293 cm³/mol. The number of carboxylic acid groups (broad SMARTS) is 2. The number of aliphatic hydroxyl groups excluding tert-OH is 2. The van der Waals surface area contributed by atoms with Gasteiger partial charge in [0.2, 0.25) is 20.8 Å². The lowest BCUT2D eigenvalue weighted by Gasteiger charge is -2.20. The van der Waals surface area contributed by atoms with E-state index in [4.69, 9.17) is 51.0 Å². The molecular weight excluding hydrogens is 1220 g/mol. The van der Waals surface area contributed by atoms with E-state index in [-0.39, 0.29) is 34.3 Å². The second-order valence-corrected chi connectivity index (χ2v) is 28.5. The first-order valence-electron chi connectivity index (χ1n) is 24.0. The summed E-state index contributed by atoms with van der Waals surface area (Å²) in [6.45, 7) is 3.66. The van der Waals surface area contributed by atoms with Gasteiger partial charge in [0.25, 0.3) is 20.2 Å². The molecular formula is C44H58N12O21S6. The van der Waals surface area contributed by atoms with Crippen LogP contribution in [0.4, 0.5) is 11.6 Å². The minimum absolute atomic E-state index is 0.0518. The number of hydrogen-bond acceptors (Lipinski definition) is 29. The maximum atomic E-state index is 13.1. The highest BCUT2D eigenvalue weighted by atomic mass is 32.3. The number of imidazole rings is 2. The van der Waals surface area contributed by atoms with Crippen molar-refractivity contribution in [3.05, 3.63) is 85.0 Å². The number of nitrogens with zero attached hydrogens (tertiary/aromatic N) is 8. The van der Waals surface area contributed by atoms with E-state index < -0.39 is 136 Å². The van der Waals surface area contributed by atoms with Crippen molar-refractivity contribution in [3.8, 4) is 0 Å². The number of hydrogen-bond donors (Lipinski definition) is 8. The molecule has 2 fully saturated rings. The number of nitrogen functional groups attached to an aromatic ring is 2. The van der Waals surface area contributed by atoms with Crippen LogP contribution in [0.2, 0.25) is 0 Å². The summed E-state index contributed by atoms with van der Waals surface area (Å²) < 4.78 is 137. The molecule has 6 heterocycles. The maximum absolute atomic E-state index is 13.1. The number of rotatable bonds is 22. The normalized spacial score (nSPS) is 22.7. The third-order valence-electron chi connectivity index (χ3n) is 12.3. The SMILES string of the molecule is Cc1ccc(S(=O)(=O)O[C@H]2[C@@H](O)[C@H](n3cnc4c(N)ncnc43)O[C@@H]2C[S+](C)CC[C@H](N)C(=O)O)cc1.Cc1ccc(S(=O)(=O)O[C@H]2[C@@H](O)[C@H](n3cnc4c(N)ncnc43)O[C@@H]2C[S+](C)CC[C@H](N)C(=O)O)cc1.O=S(=O)([O-])OS(=O)(=O)[O-]. The Bertz CT molecular complexity index is 3460. The summed E-state index contributed by atoms with van der Waals surface area (Å²) in [5, 5.41) is 40.6. The highest BCUT2D eigenvalue weighted by molar-refractivity contribution is 7.96. The molecule has 0 bridgehead atoms.